The summed E-state index contributed by atoms with van der Waals surface area (Å²) in [6, 6.07) is 32.6. The van der Waals surface area contributed by atoms with Crippen LogP contribution in [-0.4, -0.2) is 102 Å². The van der Waals surface area contributed by atoms with E-state index in [0.29, 0.717) is 90.6 Å². The van der Waals surface area contributed by atoms with Crippen LogP contribution in [0.4, 0.5) is 17.1 Å². The molecular formula is C82H93ClN4O17S2. The summed E-state index contributed by atoms with van der Waals surface area (Å²) >= 11 is 0. The number of carboxylic acids is 1. The maximum absolute atomic E-state index is 13.8. The van der Waals surface area contributed by atoms with E-state index in [-0.39, 0.29) is 92.5 Å². The summed E-state index contributed by atoms with van der Waals surface area (Å²) in [7, 11) is 0.368. The summed E-state index contributed by atoms with van der Waals surface area (Å²) in [5.41, 5.74) is 5.49. The van der Waals surface area contributed by atoms with Gasteiger partial charge in [-0.2, -0.15) is 0 Å². The molecule has 13 rings (SSSR count). The molecule has 3 fully saturated rings. The quantitative estimate of drug-likeness (QED) is 0.0531. The first kappa shape index (κ1) is 77.8. The van der Waals surface area contributed by atoms with Crippen LogP contribution in [0.3, 0.4) is 0 Å². The largest absolute Gasteiger partial charge is 0.508 e. The number of furan rings is 3. The number of carboxylic acid groups (broad SMARTS) is 1. The number of hydrogen-bond donors (Lipinski definition) is 3. The summed E-state index contributed by atoms with van der Waals surface area (Å²) in [4.78, 5) is 83.8. The highest BCUT2D eigenvalue weighted by molar-refractivity contribution is 8.13. The van der Waals surface area contributed by atoms with E-state index < -0.39 is 37.0 Å². The lowest BCUT2D eigenvalue weighted by Crippen LogP contribution is -2.43. The Morgan fingerprint density at radius 1 is 0.462 bits per heavy atom. The fourth-order valence-electron chi connectivity index (χ4n) is 15.2. The van der Waals surface area contributed by atoms with Gasteiger partial charge in [0.2, 0.25) is 27.7 Å². The number of phenols is 1. The molecule has 3 aliphatic rings. The number of methoxy groups -OCH3 is 2. The molecule has 0 aliphatic heterocycles. The van der Waals surface area contributed by atoms with Gasteiger partial charge < -0.3 is 47.6 Å². The normalized spacial score (nSPS) is 18.6. The molecule has 3 amide bonds. The number of para-hydroxylation sites is 1. The number of sulfonamides is 1. The van der Waals surface area contributed by atoms with Crippen molar-refractivity contribution < 1.29 is 78.5 Å². The number of carbonyl (C=O) groups excluding carboxylic acids is 5. The number of benzene rings is 7. The number of esters is 2. The van der Waals surface area contributed by atoms with E-state index in [1.54, 1.807) is 69.3 Å². The number of anilines is 3. The highest BCUT2D eigenvalue weighted by Crippen LogP contribution is 2.43. The van der Waals surface area contributed by atoms with Crippen molar-refractivity contribution >= 4 is 148 Å². The number of aromatic carboxylic acids is 1. The molecule has 0 spiro atoms. The van der Waals surface area contributed by atoms with Crippen LogP contribution in [0.1, 0.15) is 176 Å². The molecule has 10 aromatic rings. The van der Waals surface area contributed by atoms with Crippen LogP contribution in [0.2, 0.25) is 0 Å². The van der Waals surface area contributed by atoms with Crippen LogP contribution in [0.5, 0.6) is 5.75 Å². The first-order valence-electron chi connectivity index (χ1n) is 36.4. The Bertz CT molecular complexity index is 5230. The average Bonchev–Trinajstić information content (AvgIpc) is 1.58. The third kappa shape index (κ3) is 16.8. The topological polar surface area (TPSA) is 291 Å². The van der Waals surface area contributed by atoms with Crippen molar-refractivity contribution in [3.63, 3.8) is 0 Å². The second-order valence-corrected chi connectivity index (χ2v) is 33.9. The summed E-state index contributed by atoms with van der Waals surface area (Å²) in [6.07, 6.45) is 11.4. The Balaban J connectivity index is 0.000000161. The zero-order chi connectivity index (χ0) is 76.4. The Morgan fingerprint density at radius 2 is 0.830 bits per heavy atom. The maximum atomic E-state index is 13.8. The molecule has 0 atom stereocenters. The van der Waals surface area contributed by atoms with Gasteiger partial charge in [0.05, 0.1) is 57.8 Å². The molecule has 3 saturated carbocycles. The maximum Gasteiger partial charge on any atom is 0.340 e. The Kier molecular flexibility index (Phi) is 23.8. The van der Waals surface area contributed by atoms with Crippen LogP contribution >= 0.6 is 10.7 Å². The van der Waals surface area contributed by atoms with E-state index in [9.17, 15) is 55.8 Å². The Labute approximate surface area is 621 Å². The Hall–Kier alpha value is -9.29. The van der Waals surface area contributed by atoms with Crippen molar-refractivity contribution in [3.8, 4) is 5.75 Å². The lowest BCUT2D eigenvalue weighted by Gasteiger charge is -2.34. The fraction of sp³-hybridized carbons (Fsp3) is 0.415. The van der Waals surface area contributed by atoms with Crippen LogP contribution in [-0.2, 0) is 49.4 Å². The molecule has 3 aliphatic carbocycles. The molecule has 3 heterocycles. The number of fused-ring (bicyclic) bond motifs is 9. The number of hydrogen-bond acceptors (Lipinski definition) is 16. The zero-order valence-corrected chi connectivity index (χ0v) is 64.1. The SMILES string of the molecule is CC1CCC(C(=O)N(c2cc3c(cc2C(=O)O)oc2ccc(S(=O)(=O)NCCc4cccc(O)c4)cc23)C(C)C)CC1.COC(=O)c1cc2oc3ccc(S(=O)(=O)Cl)cc3c2cc1N(C(=O)C1CCC(C)CC1)C(C)C.COC(=O)c1cc2oc3ccccc3c2cc1N(C(=O)C1CCC(C)CC1)C(C)C. The van der Waals surface area contributed by atoms with Gasteiger partial charge in [0.25, 0.3) is 9.05 Å². The van der Waals surface area contributed by atoms with Crippen molar-refractivity contribution in [1.29, 1.82) is 0 Å². The van der Waals surface area contributed by atoms with Gasteiger partial charge in [-0.1, -0.05) is 51.1 Å². The fourth-order valence-corrected chi connectivity index (χ4v) is 17.0. The predicted molar refractivity (Wildman–Crippen MR) is 412 cm³/mol. The third-order valence-electron chi connectivity index (χ3n) is 21.0. The van der Waals surface area contributed by atoms with Crippen LogP contribution < -0.4 is 19.4 Å². The van der Waals surface area contributed by atoms with Gasteiger partial charge in [-0.25, -0.2) is 35.9 Å². The van der Waals surface area contributed by atoms with Gasteiger partial charge in [-0.15, -0.1) is 0 Å². The van der Waals surface area contributed by atoms with Crippen LogP contribution in [0.25, 0.3) is 65.8 Å². The highest BCUT2D eigenvalue weighted by Gasteiger charge is 2.37. The van der Waals surface area contributed by atoms with Crippen LogP contribution in [0, 0.1) is 35.5 Å². The van der Waals surface area contributed by atoms with Gasteiger partial charge in [0.1, 0.15) is 39.2 Å². The van der Waals surface area contributed by atoms with E-state index in [1.807, 2.05) is 71.9 Å². The number of rotatable bonds is 18. The van der Waals surface area contributed by atoms with Crippen molar-refractivity contribution in [2.45, 2.75) is 174 Å². The standard InChI is InChI=1S/C32H36N2O7S.C25H28ClNO6S.C25H29NO4/c1-19(2)34(31(36)22-9-7-20(3)8-10-22)28-17-26-25-16-24(11-12-29(25)41-30(26)18-27(28)32(37)38)42(39,40)33-14-13-21-5-4-6-23(35)15-21;1-14(2)27(24(28)16-7-5-15(3)6-8-16)21-12-19-18-11-17(34(26,30)31)9-10-22(18)33-23(19)13-20(21)25(29)32-4;1-15(2)26(24(27)17-11-9-16(3)10-12-17)21-13-19-18-7-5-6-8-22(18)30-23(19)14-20(21)25(28)29-4/h4-6,11-12,15-20,22,33,35H,7-10,13-14H2,1-3H3,(H,37,38);9-16H,5-8H2,1-4H3;5-8,13-17H,9-12H2,1-4H3. The van der Waals surface area contributed by atoms with E-state index in [1.165, 1.54) is 50.6 Å². The molecule has 3 N–H and O–H groups in total. The van der Waals surface area contributed by atoms with Crippen molar-refractivity contribution in [3.05, 3.63) is 144 Å². The summed E-state index contributed by atoms with van der Waals surface area (Å²) in [5.74, 6) is -0.611. The number of halogens is 1. The summed E-state index contributed by atoms with van der Waals surface area (Å²) in [5, 5.41) is 23.7. The minimum absolute atomic E-state index is 0.00844. The molecule has 0 saturated heterocycles. The minimum atomic E-state index is -3.95. The first-order valence-corrected chi connectivity index (χ1v) is 40.2. The van der Waals surface area contributed by atoms with Gasteiger partial charge in [-0.3, -0.25) is 14.4 Å². The molecule has 7 aromatic carbocycles. The summed E-state index contributed by atoms with van der Waals surface area (Å²) in [6.45, 7) is 18.3. The number of amides is 3. The van der Waals surface area contributed by atoms with Crippen LogP contribution in [0.15, 0.2) is 144 Å². The second-order valence-electron chi connectivity index (χ2n) is 29.5. The van der Waals surface area contributed by atoms with Gasteiger partial charge in [0.15, 0.2) is 0 Å². The number of carbonyl (C=O) groups is 6. The number of nitrogens with one attached hydrogen (secondary N) is 1. The highest BCUT2D eigenvalue weighted by atomic mass is 35.7. The number of phenolic OH excluding ortho intramolecular Hbond substituents is 1. The van der Waals surface area contributed by atoms with E-state index in [4.69, 9.17) is 33.4 Å². The smallest absolute Gasteiger partial charge is 0.340 e. The molecular weight excluding hydrogens is 1410 g/mol. The molecule has 0 radical (unpaired) electrons. The van der Waals surface area contributed by atoms with E-state index in [0.717, 1.165) is 99.0 Å². The van der Waals surface area contributed by atoms with E-state index >= 15 is 0 Å². The van der Waals surface area contributed by atoms with Gasteiger partial charge in [0, 0.05) is 85.4 Å². The molecule has 0 unspecified atom stereocenters. The zero-order valence-electron chi connectivity index (χ0n) is 61.7. The molecule has 106 heavy (non-hydrogen) atoms. The number of aromatic hydroxyl groups is 1. The summed E-state index contributed by atoms with van der Waals surface area (Å²) < 4.78 is 80.6. The molecule has 0 bridgehead atoms. The Morgan fingerprint density at radius 3 is 1.23 bits per heavy atom. The number of ether oxygens (including phenoxy) is 2. The molecule has 562 valence electrons. The van der Waals surface area contributed by atoms with E-state index in [2.05, 4.69) is 25.5 Å². The average molecular weight is 1510 g/mol. The van der Waals surface area contributed by atoms with Crippen molar-refractivity contribution in [1.82, 2.24) is 4.72 Å². The lowest BCUT2D eigenvalue weighted by molar-refractivity contribution is -0.124. The second kappa shape index (κ2) is 32.4. The monoisotopic (exact) mass is 1500 g/mol. The molecule has 21 nitrogen and oxygen atoms in total. The van der Waals surface area contributed by atoms with Crippen molar-refractivity contribution in [2.75, 3.05) is 35.5 Å². The molecule has 24 heteroatoms. The van der Waals surface area contributed by atoms with Gasteiger partial charge >= 0.3 is 17.9 Å². The van der Waals surface area contributed by atoms with Gasteiger partial charge in [-0.05, 0) is 239 Å². The number of nitrogens with zero attached hydrogens (tertiary/aromatic N) is 3. The molecule has 3 aromatic heterocycles. The van der Waals surface area contributed by atoms with Crippen molar-refractivity contribution in [2.24, 2.45) is 35.5 Å². The first-order chi connectivity index (χ1) is 50.3. The lowest BCUT2D eigenvalue weighted by atomic mass is 9.82. The third-order valence-corrected chi connectivity index (χ3v) is 23.8. The minimum Gasteiger partial charge on any atom is -0.508 e. The predicted octanol–water partition coefficient (Wildman–Crippen LogP) is 17.9.